The van der Waals surface area contributed by atoms with Gasteiger partial charge in [0, 0.05) is 30.1 Å². The molecule has 10 heteroatoms. The lowest BCUT2D eigenvalue weighted by Crippen LogP contribution is -2.34. The van der Waals surface area contributed by atoms with E-state index >= 15 is 0 Å². The van der Waals surface area contributed by atoms with Gasteiger partial charge in [-0.1, -0.05) is 6.07 Å². The highest BCUT2D eigenvalue weighted by atomic mass is 19.4. The van der Waals surface area contributed by atoms with E-state index in [0.717, 1.165) is 17.1 Å². The van der Waals surface area contributed by atoms with E-state index in [-0.39, 0.29) is 24.3 Å². The Hall–Kier alpha value is -2.69. The Morgan fingerprint density at radius 1 is 1.20 bits per heavy atom. The van der Waals surface area contributed by atoms with Gasteiger partial charge in [0.25, 0.3) is 0 Å². The molecule has 2 aromatic heterocycles. The van der Waals surface area contributed by atoms with Gasteiger partial charge in [-0.15, -0.1) is 0 Å². The number of hydrogen-bond donors (Lipinski definition) is 3. The summed E-state index contributed by atoms with van der Waals surface area (Å²) in [6, 6.07) is 4.80. The average Bonchev–Trinajstić information content (AvgIpc) is 3.24. The molecule has 30 heavy (non-hydrogen) atoms. The second kappa shape index (κ2) is 7.53. The van der Waals surface area contributed by atoms with Crippen LogP contribution >= 0.6 is 0 Å². The topological polar surface area (TPSA) is 106 Å². The number of rotatable bonds is 4. The zero-order valence-electron chi connectivity index (χ0n) is 16.0. The van der Waals surface area contributed by atoms with Crippen LogP contribution in [0.25, 0.3) is 11.0 Å². The number of nitrogens with two attached hydrogens (primary N) is 1. The summed E-state index contributed by atoms with van der Waals surface area (Å²) in [6.45, 7) is 1.46. The summed E-state index contributed by atoms with van der Waals surface area (Å²) in [5.74, 6) is -0.0558. The molecule has 1 aliphatic rings. The summed E-state index contributed by atoms with van der Waals surface area (Å²) in [6.07, 6.45) is -4.65. The highest BCUT2D eigenvalue weighted by Gasteiger charge is 2.45. The molecule has 3 aromatic rings. The highest BCUT2D eigenvalue weighted by Crippen LogP contribution is 2.39. The number of nitrogens with zero attached hydrogens (tertiary/aromatic N) is 3. The third-order valence-electron chi connectivity index (χ3n) is 5.59. The Morgan fingerprint density at radius 3 is 2.67 bits per heavy atom. The minimum absolute atomic E-state index is 0.0558. The van der Waals surface area contributed by atoms with Gasteiger partial charge in [0.05, 0.1) is 17.3 Å². The van der Waals surface area contributed by atoms with Crippen LogP contribution in [0, 0.1) is 6.92 Å². The fourth-order valence-corrected chi connectivity index (χ4v) is 4.04. The van der Waals surface area contributed by atoms with E-state index in [0.29, 0.717) is 5.65 Å². The highest BCUT2D eigenvalue weighted by molar-refractivity contribution is 5.78. The lowest BCUT2D eigenvalue weighted by Gasteiger charge is -2.22. The van der Waals surface area contributed by atoms with Crippen LogP contribution < -0.4 is 10.5 Å². The second-order valence-electron chi connectivity index (χ2n) is 7.34. The number of fused-ring (bicyclic) bond motifs is 1. The third-order valence-corrected chi connectivity index (χ3v) is 5.59. The van der Waals surface area contributed by atoms with Gasteiger partial charge < -0.3 is 25.3 Å². The summed E-state index contributed by atoms with van der Waals surface area (Å²) in [4.78, 5) is 8.39. The minimum Gasteiger partial charge on any atom is -0.487 e. The zero-order valence-corrected chi connectivity index (χ0v) is 16.0. The van der Waals surface area contributed by atoms with Gasteiger partial charge in [0.2, 0.25) is 0 Å². The molecular weight excluding hydrogens is 401 g/mol. The van der Waals surface area contributed by atoms with E-state index in [1.54, 1.807) is 10.8 Å². The van der Waals surface area contributed by atoms with E-state index in [2.05, 4.69) is 9.97 Å². The van der Waals surface area contributed by atoms with Crippen LogP contribution in [0.15, 0.2) is 36.8 Å². The summed E-state index contributed by atoms with van der Waals surface area (Å²) in [5.41, 5.74) is 5.86. The number of aromatic nitrogens is 3. The van der Waals surface area contributed by atoms with Crippen LogP contribution in [0.3, 0.4) is 0 Å². The van der Waals surface area contributed by atoms with Gasteiger partial charge in [-0.05, 0) is 25.1 Å². The molecule has 0 bridgehead atoms. The predicted molar refractivity (Wildman–Crippen MR) is 102 cm³/mol. The molecule has 7 nitrogen and oxygen atoms in total. The van der Waals surface area contributed by atoms with E-state index in [9.17, 15) is 23.4 Å². The van der Waals surface area contributed by atoms with Gasteiger partial charge in [0.15, 0.2) is 0 Å². The Kier molecular flexibility index (Phi) is 5.16. The molecule has 0 radical (unpaired) electrons. The Labute approximate surface area is 169 Å². The Balaban J connectivity index is 1.64. The van der Waals surface area contributed by atoms with Crippen molar-refractivity contribution in [2.24, 2.45) is 5.73 Å². The summed E-state index contributed by atoms with van der Waals surface area (Å²) in [7, 11) is 0. The maximum absolute atomic E-state index is 13.3. The van der Waals surface area contributed by atoms with E-state index in [1.807, 2.05) is 13.0 Å². The van der Waals surface area contributed by atoms with Gasteiger partial charge in [-0.3, -0.25) is 0 Å². The number of benzene rings is 1. The summed E-state index contributed by atoms with van der Waals surface area (Å²) < 4.78 is 47.3. The van der Waals surface area contributed by atoms with Crippen molar-refractivity contribution in [3.63, 3.8) is 0 Å². The van der Waals surface area contributed by atoms with E-state index in [1.165, 1.54) is 18.5 Å². The van der Waals surface area contributed by atoms with Crippen molar-refractivity contribution in [1.29, 1.82) is 0 Å². The first kappa shape index (κ1) is 20.6. The van der Waals surface area contributed by atoms with Crippen molar-refractivity contribution in [1.82, 2.24) is 14.5 Å². The van der Waals surface area contributed by atoms with Crippen molar-refractivity contribution < 1.29 is 28.1 Å². The number of aliphatic hydroxyl groups is 2. The van der Waals surface area contributed by atoms with Crippen LogP contribution in [0.1, 0.15) is 29.3 Å². The summed E-state index contributed by atoms with van der Waals surface area (Å²) >= 11 is 0. The molecule has 1 saturated carbocycles. The Bertz CT molecular complexity index is 1070. The maximum Gasteiger partial charge on any atom is 0.416 e. The molecule has 0 unspecified atom stereocenters. The van der Waals surface area contributed by atoms with Crippen molar-refractivity contribution in [3.8, 4) is 5.75 Å². The molecule has 0 saturated heterocycles. The monoisotopic (exact) mass is 422 g/mol. The molecule has 0 amide bonds. The normalized spacial score (nSPS) is 24.5. The van der Waals surface area contributed by atoms with Gasteiger partial charge in [-0.25, -0.2) is 9.97 Å². The predicted octanol–water partition coefficient (Wildman–Crippen LogP) is 2.33. The quantitative estimate of drug-likeness (QED) is 0.596. The van der Waals surface area contributed by atoms with Crippen molar-refractivity contribution in [2.75, 3.05) is 0 Å². The van der Waals surface area contributed by atoms with E-state index in [4.69, 9.17) is 10.5 Å². The summed E-state index contributed by atoms with van der Waals surface area (Å²) in [5, 5.41) is 22.0. The van der Waals surface area contributed by atoms with Crippen LogP contribution in [0.2, 0.25) is 0 Å². The van der Waals surface area contributed by atoms with E-state index < -0.39 is 36.1 Å². The smallest absolute Gasteiger partial charge is 0.416 e. The third kappa shape index (κ3) is 3.40. The minimum atomic E-state index is -4.58. The van der Waals surface area contributed by atoms with Crippen molar-refractivity contribution >= 4 is 11.0 Å². The van der Waals surface area contributed by atoms with Crippen LogP contribution in [0.5, 0.6) is 5.75 Å². The number of alkyl halides is 3. The zero-order chi connectivity index (χ0) is 21.6. The molecule has 160 valence electrons. The standard InChI is InChI=1S/C20H21F3N4O3/c1-10-11-5-6-27(19(11)26-9-25-10)14-7-16(18(29)17(14)28)30-15-4-2-3-13(12(15)8-24)20(21,22)23/h2-6,9,14,16-18,28-29H,7-8,24H2,1H3/t14-,16+,17+,18-/m1/s1. The van der Waals surface area contributed by atoms with Crippen LogP contribution in [-0.2, 0) is 12.7 Å². The molecule has 4 N–H and O–H groups in total. The first-order valence-corrected chi connectivity index (χ1v) is 9.42. The lowest BCUT2D eigenvalue weighted by molar-refractivity contribution is -0.138. The van der Waals surface area contributed by atoms with Gasteiger partial charge in [0.1, 0.15) is 36.0 Å². The molecule has 4 atom stereocenters. The molecule has 0 aliphatic heterocycles. The molecule has 0 spiro atoms. The van der Waals surface area contributed by atoms with Gasteiger partial charge in [-0.2, -0.15) is 13.2 Å². The van der Waals surface area contributed by atoms with Crippen molar-refractivity contribution in [3.05, 3.63) is 53.6 Å². The van der Waals surface area contributed by atoms with Crippen LogP contribution in [0.4, 0.5) is 13.2 Å². The van der Waals surface area contributed by atoms with Crippen molar-refractivity contribution in [2.45, 2.75) is 50.4 Å². The lowest BCUT2D eigenvalue weighted by atomic mass is 10.1. The number of hydrogen-bond acceptors (Lipinski definition) is 6. The molecule has 1 aromatic carbocycles. The number of halogens is 3. The molecule has 1 aliphatic carbocycles. The fraction of sp³-hybridized carbons (Fsp3) is 0.400. The fourth-order valence-electron chi connectivity index (χ4n) is 4.04. The number of aliphatic hydroxyl groups excluding tert-OH is 2. The molecular formula is C20H21F3N4O3. The van der Waals surface area contributed by atoms with Gasteiger partial charge >= 0.3 is 6.18 Å². The first-order valence-electron chi connectivity index (χ1n) is 9.42. The number of aryl methyl sites for hydroxylation is 1. The molecule has 4 rings (SSSR count). The molecule has 1 fully saturated rings. The molecule has 2 heterocycles. The maximum atomic E-state index is 13.3. The second-order valence-corrected chi connectivity index (χ2v) is 7.34. The average molecular weight is 422 g/mol. The largest absolute Gasteiger partial charge is 0.487 e. The number of ether oxygens (including phenoxy) is 1. The van der Waals surface area contributed by atoms with Crippen LogP contribution in [-0.4, -0.2) is 43.1 Å². The Morgan fingerprint density at radius 2 is 1.97 bits per heavy atom. The first-order chi connectivity index (χ1) is 14.2. The SMILES string of the molecule is Cc1ncnc2c1ccn2[C@@H]1C[C@H](Oc2cccc(C(F)(F)F)c2CN)[C@@H](O)[C@H]1O.